The van der Waals surface area contributed by atoms with Crippen molar-refractivity contribution in [2.24, 2.45) is 0 Å². The second-order valence-corrected chi connectivity index (χ2v) is 7.28. The summed E-state index contributed by atoms with van der Waals surface area (Å²) in [5.41, 5.74) is 14.7. The third-order valence-electron chi connectivity index (χ3n) is 5.76. The van der Waals surface area contributed by atoms with E-state index in [1.165, 1.54) is 33.4 Å². The van der Waals surface area contributed by atoms with E-state index in [2.05, 4.69) is 97.1 Å². The van der Waals surface area contributed by atoms with E-state index in [4.69, 9.17) is 5.73 Å². The molecule has 130 valence electrons. The van der Waals surface area contributed by atoms with Crippen molar-refractivity contribution in [2.45, 2.75) is 11.8 Å². The molecule has 1 aliphatic carbocycles. The van der Waals surface area contributed by atoms with Crippen molar-refractivity contribution < 1.29 is 0 Å². The summed E-state index contributed by atoms with van der Waals surface area (Å²) in [5, 5.41) is 0. The maximum atomic E-state index is 6.17. The molecule has 1 heteroatoms. The lowest BCUT2D eigenvalue weighted by molar-refractivity contribution is 0.629. The molecule has 5 rings (SSSR count). The monoisotopic (exact) mass is 347 g/mol. The maximum absolute atomic E-state index is 6.17. The van der Waals surface area contributed by atoms with E-state index in [9.17, 15) is 0 Å². The van der Waals surface area contributed by atoms with E-state index in [0.29, 0.717) is 0 Å². The minimum atomic E-state index is -0.206. The van der Waals surface area contributed by atoms with Crippen molar-refractivity contribution in [1.29, 1.82) is 0 Å². The van der Waals surface area contributed by atoms with Crippen LogP contribution in [0.3, 0.4) is 0 Å². The molecule has 0 saturated heterocycles. The number of rotatable bonds is 3. The fourth-order valence-electron chi connectivity index (χ4n) is 4.62. The summed E-state index contributed by atoms with van der Waals surface area (Å²) in [6, 6.07) is 36.8. The predicted octanol–water partition coefficient (Wildman–Crippen LogP) is 5.83. The standard InChI is InChI=1S/C26H21N/c27-21-15-16-25-23(17-21)22-13-7-8-14-24(22)26(25,20-11-5-2-6-12-20)18-19-9-3-1-4-10-19/h1-17H,18,27H2. The minimum Gasteiger partial charge on any atom is -0.399 e. The van der Waals surface area contributed by atoms with Gasteiger partial charge in [0.2, 0.25) is 0 Å². The van der Waals surface area contributed by atoms with Crippen molar-refractivity contribution >= 4 is 5.69 Å². The van der Waals surface area contributed by atoms with E-state index in [0.717, 1.165) is 12.1 Å². The van der Waals surface area contributed by atoms with Crippen molar-refractivity contribution in [2.75, 3.05) is 5.73 Å². The van der Waals surface area contributed by atoms with E-state index in [1.54, 1.807) is 0 Å². The van der Waals surface area contributed by atoms with Crippen LogP contribution in [0.4, 0.5) is 5.69 Å². The first-order chi connectivity index (χ1) is 13.3. The highest BCUT2D eigenvalue weighted by Gasteiger charge is 2.44. The highest BCUT2D eigenvalue weighted by atomic mass is 14.6. The second kappa shape index (κ2) is 6.14. The smallest absolute Gasteiger partial charge is 0.0503 e. The van der Waals surface area contributed by atoms with Crippen molar-refractivity contribution in [1.82, 2.24) is 0 Å². The van der Waals surface area contributed by atoms with Crippen LogP contribution in [0.2, 0.25) is 0 Å². The number of hydrogen-bond donors (Lipinski definition) is 1. The summed E-state index contributed by atoms with van der Waals surface area (Å²) in [5.74, 6) is 0. The Balaban J connectivity index is 1.86. The molecule has 0 radical (unpaired) electrons. The van der Waals surface area contributed by atoms with Gasteiger partial charge in [0.1, 0.15) is 0 Å². The lowest BCUT2D eigenvalue weighted by Gasteiger charge is -2.33. The Kier molecular flexibility index (Phi) is 3.61. The Hall–Kier alpha value is -3.32. The average molecular weight is 347 g/mol. The number of nitrogens with two attached hydrogens (primary N) is 1. The van der Waals surface area contributed by atoms with Crippen molar-refractivity contribution in [3.05, 3.63) is 125 Å². The second-order valence-electron chi connectivity index (χ2n) is 7.28. The molecule has 0 saturated carbocycles. The topological polar surface area (TPSA) is 26.0 Å². The molecule has 1 nitrogen and oxygen atoms in total. The van der Waals surface area contributed by atoms with E-state index < -0.39 is 0 Å². The van der Waals surface area contributed by atoms with Crippen LogP contribution < -0.4 is 5.73 Å². The third kappa shape index (κ3) is 2.39. The van der Waals surface area contributed by atoms with Crippen LogP contribution in [0.15, 0.2) is 103 Å². The summed E-state index contributed by atoms with van der Waals surface area (Å²) in [6.07, 6.45) is 0.922. The summed E-state index contributed by atoms with van der Waals surface area (Å²) in [6.45, 7) is 0. The van der Waals surface area contributed by atoms with Gasteiger partial charge >= 0.3 is 0 Å². The van der Waals surface area contributed by atoms with Crippen LogP contribution in [0.5, 0.6) is 0 Å². The molecule has 1 atom stereocenters. The molecule has 2 N–H and O–H groups in total. The van der Waals surface area contributed by atoms with Gasteiger partial charge in [0, 0.05) is 5.69 Å². The Morgan fingerprint density at radius 3 is 2.00 bits per heavy atom. The number of fused-ring (bicyclic) bond motifs is 3. The van der Waals surface area contributed by atoms with Gasteiger partial charge in [-0.05, 0) is 51.9 Å². The number of hydrogen-bond acceptors (Lipinski definition) is 1. The van der Waals surface area contributed by atoms with Gasteiger partial charge in [0.15, 0.2) is 0 Å². The van der Waals surface area contributed by atoms with Crippen molar-refractivity contribution in [3.8, 4) is 11.1 Å². The quantitative estimate of drug-likeness (QED) is 0.464. The van der Waals surface area contributed by atoms with Crippen LogP contribution in [0.1, 0.15) is 22.3 Å². The Morgan fingerprint density at radius 2 is 1.22 bits per heavy atom. The maximum Gasteiger partial charge on any atom is 0.0503 e. The number of anilines is 1. The summed E-state index contributed by atoms with van der Waals surface area (Å²) < 4.78 is 0. The van der Waals surface area contributed by atoms with Crippen LogP contribution in [-0.2, 0) is 11.8 Å². The molecule has 4 aromatic rings. The molecule has 1 unspecified atom stereocenters. The van der Waals surface area contributed by atoms with Gasteiger partial charge in [-0.1, -0.05) is 91.0 Å². The van der Waals surface area contributed by atoms with Gasteiger partial charge in [-0.3, -0.25) is 0 Å². The molecular weight excluding hydrogens is 326 g/mol. The molecule has 0 fully saturated rings. The summed E-state index contributed by atoms with van der Waals surface area (Å²) in [7, 11) is 0. The first kappa shape index (κ1) is 15.9. The lowest BCUT2D eigenvalue weighted by Crippen LogP contribution is -2.29. The normalized spacial score (nSPS) is 17.3. The van der Waals surface area contributed by atoms with Crippen molar-refractivity contribution in [3.63, 3.8) is 0 Å². The third-order valence-corrected chi connectivity index (χ3v) is 5.76. The highest BCUT2D eigenvalue weighted by Crippen LogP contribution is 2.54. The molecule has 0 amide bonds. The first-order valence-corrected chi connectivity index (χ1v) is 9.38. The van der Waals surface area contributed by atoms with E-state index in [1.807, 2.05) is 6.07 Å². The molecule has 1 aliphatic rings. The summed E-state index contributed by atoms with van der Waals surface area (Å²) in [4.78, 5) is 0. The lowest BCUT2D eigenvalue weighted by atomic mass is 9.68. The van der Waals surface area contributed by atoms with Gasteiger partial charge in [-0.15, -0.1) is 0 Å². The molecule has 0 spiro atoms. The van der Waals surface area contributed by atoms with Crippen LogP contribution >= 0.6 is 0 Å². The molecule has 27 heavy (non-hydrogen) atoms. The molecular formula is C26H21N. The van der Waals surface area contributed by atoms with Gasteiger partial charge in [0.05, 0.1) is 5.41 Å². The Morgan fingerprint density at radius 1 is 0.593 bits per heavy atom. The number of nitrogen functional groups attached to an aromatic ring is 1. The van der Waals surface area contributed by atoms with Crippen LogP contribution in [0.25, 0.3) is 11.1 Å². The minimum absolute atomic E-state index is 0.206. The highest BCUT2D eigenvalue weighted by molar-refractivity contribution is 5.85. The van der Waals surface area contributed by atoms with Crippen LogP contribution in [-0.4, -0.2) is 0 Å². The van der Waals surface area contributed by atoms with Gasteiger partial charge in [-0.2, -0.15) is 0 Å². The van der Waals surface area contributed by atoms with Gasteiger partial charge < -0.3 is 5.73 Å². The SMILES string of the molecule is Nc1ccc2c(c1)-c1ccccc1C2(Cc1ccccc1)c1ccccc1. The number of benzene rings is 4. The Labute approximate surface area is 160 Å². The molecule has 0 aromatic heterocycles. The zero-order chi connectivity index (χ0) is 18.3. The van der Waals surface area contributed by atoms with Gasteiger partial charge in [-0.25, -0.2) is 0 Å². The zero-order valence-electron chi connectivity index (χ0n) is 15.1. The zero-order valence-corrected chi connectivity index (χ0v) is 15.1. The van der Waals surface area contributed by atoms with E-state index >= 15 is 0 Å². The van der Waals surface area contributed by atoms with E-state index in [-0.39, 0.29) is 5.41 Å². The van der Waals surface area contributed by atoms with Crippen LogP contribution in [0, 0.1) is 0 Å². The average Bonchev–Trinajstić information content (AvgIpc) is 3.00. The summed E-state index contributed by atoms with van der Waals surface area (Å²) >= 11 is 0. The first-order valence-electron chi connectivity index (χ1n) is 9.38. The predicted molar refractivity (Wildman–Crippen MR) is 113 cm³/mol. The molecule has 0 heterocycles. The molecule has 0 aliphatic heterocycles. The Bertz CT molecular complexity index is 1100. The fourth-order valence-corrected chi connectivity index (χ4v) is 4.62. The fraction of sp³-hybridized carbons (Fsp3) is 0.0769. The largest absolute Gasteiger partial charge is 0.399 e. The molecule has 0 bridgehead atoms. The molecule has 4 aromatic carbocycles. The van der Waals surface area contributed by atoms with Gasteiger partial charge in [0.25, 0.3) is 0 Å².